The molecule has 9 heteroatoms. The Bertz CT molecular complexity index is 1100. The minimum Gasteiger partial charge on any atom is -0.493 e. The molecule has 0 unspecified atom stereocenters. The van der Waals surface area contributed by atoms with Gasteiger partial charge in [0.1, 0.15) is 0 Å². The lowest BCUT2D eigenvalue weighted by atomic mass is 9.65. The minimum absolute atomic E-state index is 0.118. The fourth-order valence-corrected chi connectivity index (χ4v) is 5.25. The Labute approximate surface area is 190 Å². The van der Waals surface area contributed by atoms with Gasteiger partial charge in [-0.1, -0.05) is 0 Å². The van der Waals surface area contributed by atoms with Gasteiger partial charge < -0.3 is 33.7 Å². The summed E-state index contributed by atoms with van der Waals surface area (Å²) in [6, 6.07) is 7.08. The summed E-state index contributed by atoms with van der Waals surface area (Å²) in [5.74, 6) is 0.998. The van der Waals surface area contributed by atoms with Crippen molar-refractivity contribution in [1.82, 2.24) is 5.32 Å². The monoisotopic (exact) mass is 455 g/mol. The van der Waals surface area contributed by atoms with Crippen molar-refractivity contribution in [3.05, 3.63) is 41.0 Å². The third-order valence-electron chi connectivity index (χ3n) is 6.59. The molecule has 1 aliphatic carbocycles. The van der Waals surface area contributed by atoms with E-state index in [1.54, 1.807) is 21.3 Å². The molecule has 0 aromatic heterocycles. The molecule has 3 aliphatic rings. The van der Waals surface area contributed by atoms with Gasteiger partial charge in [0.25, 0.3) is 0 Å². The molecule has 1 amide bonds. The van der Waals surface area contributed by atoms with Gasteiger partial charge >= 0.3 is 5.97 Å². The Kier molecular flexibility index (Phi) is 5.19. The lowest BCUT2D eigenvalue weighted by Crippen LogP contribution is -2.42. The molecule has 1 N–H and O–H groups in total. The van der Waals surface area contributed by atoms with Crippen molar-refractivity contribution in [3.63, 3.8) is 0 Å². The quantitative estimate of drug-likeness (QED) is 0.687. The number of esters is 1. The van der Waals surface area contributed by atoms with E-state index in [2.05, 4.69) is 5.32 Å². The first-order valence-corrected chi connectivity index (χ1v) is 10.6. The predicted molar refractivity (Wildman–Crippen MR) is 115 cm³/mol. The van der Waals surface area contributed by atoms with Crippen molar-refractivity contribution >= 4 is 11.9 Å². The Morgan fingerprint density at radius 2 is 1.58 bits per heavy atom. The van der Waals surface area contributed by atoms with E-state index in [-0.39, 0.29) is 37.1 Å². The van der Waals surface area contributed by atoms with Crippen molar-refractivity contribution in [1.29, 1.82) is 0 Å². The highest BCUT2D eigenvalue weighted by atomic mass is 16.7. The summed E-state index contributed by atoms with van der Waals surface area (Å²) >= 11 is 0. The second-order valence-electron chi connectivity index (χ2n) is 8.27. The SMILES string of the molecule is COc1cc([C@@H]2c3cc4c(cc3[C@H](NC(C)=O)[C@H]3COC(=O)[C@@H]23)OCO4)cc(OC)c1OC. The summed E-state index contributed by atoms with van der Waals surface area (Å²) in [7, 11) is 4.64. The lowest BCUT2D eigenvalue weighted by Gasteiger charge is -2.39. The van der Waals surface area contributed by atoms with E-state index < -0.39 is 12.0 Å². The predicted octanol–water partition coefficient (Wildman–Crippen LogP) is 2.55. The first-order valence-electron chi connectivity index (χ1n) is 10.6. The van der Waals surface area contributed by atoms with Crippen molar-refractivity contribution in [3.8, 4) is 28.7 Å². The third-order valence-corrected chi connectivity index (χ3v) is 6.59. The largest absolute Gasteiger partial charge is 0.493 e. The van der Waals surface area contributed by atoms with Crippen LogP contribution in [0.4, 0.5) is 0 Å². The van der Waals surface area contributed by atoms with Crippen LogP contribution in [-0.2, 0) is 14.3 Å². The zero-order valence-corrected chi connectivity index (χ0v) is 18.8. The van der Waals surface area contributed by atoms with Gasteiger partial charge in [0.05, 0.1) is 39.9 Å². The molecule has 0 bridgehead atoms. The molecule has 174 valence electrons. The molecule has 9 nitrogen and oxygen atoms in total. The van der Waals surface area contributed by atoms with Crippen molar-refractivity contribution < 1.29 is 38.0 Å². The van der Waals surface area contributed by atoms with Gasteiger partial charge in [0.15, 0.2) is 23.0 Å². The molecule has 0 radical (unpaired) electrons. The Balaban J connectivity index is 1.75. The van der Waals surface area contributed by atoms with Gasteiger partial charge in [-0.15, -0.1) is 0 Å². The van der Waals surface area contributed by atoms with Crippen molar-refractivity contribution in [2.75, 3.05) is 34.7 Å². The van der Waals surface area contributed by atoms with Crippen LogP contribution in [0.5, 0.6) is 28.7 Å². The maximum absolute atomic E-state index is 13.0. The van der Waals surface area contributed by atoms with Gasteiger partial charge in [0.2, 0.25) is 18.4 Å². The molecule has 2 aromatic rings. The molecule has 33 heavy (non-hydrogen) atoms. The number of carbonyl (C=O) groups is 2. The standard InChI is InChI=1S/C24H25NO8/c1-11(26)25-22-14-8-17-16(32-10-33-17)7-13(14)20(21-15(22)9-31-24(21)27)12-5-18(28-2)23(30-4)19(6-12)29-3/h5-8,15,20-22H,9-10H2,1-4H3,(H,25,26)/t15-,20+,21+,22-/m0/s1. The molecule has 0 saturated carbocycles. The maximum atomic E-state index is 13.0. The number of methoxy groups -OCH3 is 3. The van der Waals surface area contributed by atoms with Crippen LogP contribution in [0.3, 0.4) is 0 Å². The topological polar surface area (TPSA) is 102 Å². The smallest absolute Gasteiger partial charge is 0.310 e. The molecular weight excluding hydrogens is 430 g/mol. The van der Waals surface area contributed by atoms with E-state index in [0.717, 1.165) is 16.7 Å². The average molecular weight is 455 g/mol. The maximum Gasteiger partial charge on any atom is 0.310 e. The zero-order valence-electron chi connectivity index (χ0n) is 18.8. The van der Waals surface area contributed by atoms with Crippen molar-refractivity contribution in [2.24, 2.45) is 11.8 Å². The lowest BCUT2D eigenvalue weighted by molar-refractivity contribution is -0.141. The third kappa shape index (κ3) is 3.30. The van der Waals surface area contributed by atoms with Crippen LogP contribution < -0.4 is 29.0 Å². The molecule has 1 fully saturated rings. The van der Waals surface area contributed by atoms with Crippen LogP contribution in [0.15, 0.2) is 24.3 Å². The summed E-state index contributed by atoms with van der Waals surface area (Å²) in [5, 5.41) is 3.02. The summed E-state index contributed by atoms with van der Waals surface area (Å²) < 4.78 is 33.3. The van der Waals surface area contributed by atoms with Crippen molar-refractivity contribution in [2.45, 2.75) is 18.9 Å². The van der Waals surface area contributed by atoms with E-state index >= 15 is 0 Å². The van der Waals surface area contributed by atoms with E-state index in [0.29, 0.717) is 28.7 Å². The van der Waals surface area contributed by atoms with Gasteiger partial charge in [-0.25, -0.2) is 0 Å². The summed E-state index contributed by atoms with van der Waals surface area (Å²) in [5.41, 5.74) is 2.53. The molecular formula is C24H25NO8. The van der Waals surface area contributed by atoms with Crippen LogP contribution in [-0.4, -0.2) is 46.6 Å². The van der Waals surface area contributed by atoms with Gasteiger partial charge in [-0.3, -0.25) is 9.59 Å². The Morgan fingerprint density at radius 1 is 0.939 bits per heavy atom. The second kappa shape index (κ2) is 8.06. The normalized spacial score (nSPS) is 24.4. The number of hydrogen-bond donors (Lipinski definition) is 1. The zero-order chi connectivity index (χ0) is 23.3. The van der Waals surface area contributed by atoms with E-state index in [1.807, 2.05) is 24.3 Å². The minimum atomic E-state index is -0.516. The van der Waals surface area contributed by atoms with Gasteiger partial charge in [-0.05, 0) is 41.0 Å². The molecule has 2 aromatic carbocycles. The van der Waals surface area contributed by atoms with Crippen LogP contribution in [0, 0.1) is 11.8 Å². The molecule has 1 saturated heterocycles. The fourth-order valence-electron chi connectivity index (χ4n) is 5.25. The highest BCUT2D eigenvalue weighted by Gasteiger charge is 2.53. The molecule has 2 heterocycles. The molecule has 5 rings (SSSR count). The first-order chi connectivity index (χ1) is 16.0. The van der Waals surface area contributed by atoms with E-state index in [9.17, 15) is 9.59 Å². The average Bonchev–Trinajstić information content (AvgIpc) is 3.43. The van der Waals surface area contributed by atoms with Gasteiger partial charge in [0, 0.05) is 18.8 Å². The number of rotatable bonds is 5. The highest BCUT2D eigenvalue weighted by Crippen LogP contribution is 2.55. The number of ether oxygens (including phenoxy) is 6. The summed E-state index contributed by atoms with van der Waals surface area (Å²) in [4.78, 5) is 25.1. The van der Waals surface area contributed by atoms with Crippen LogP contribution >= 0.6 is 0 Å². The number of hydrogen-bond acceptors (Lipinski definition) is 8. The summed E-state index contributed by atoms with van der Waals surface area (Å²) in [6.45, 7) is 1.79. The summed E-state index contributed by atoms with van der Waals surface area (Å²) in [6.07, 6.45) is 0. The Morgan fingerprint density at radius 3 is 2.15 bits per heavy atom. The van der Waals surface area contributed by atoms with Crippen LogP contribution in [0.25, 0.3) is 0 Å². The fraction of sp³-hybridized carbons (Fsp3) is 0.417. The van der Waals surface area contributed by atoms with Gasteiger partial charge in [-0.2, -0.15) is 0 Å². The van der Waals surface area contributed by atoms with Crippen LogP contribution in [0.2, 0.25) is 0 Å². The number of benzene rings is 2. The highest BCUT2D eigenvalue weighted by molar-refractivity contribution is 5.80. The number of amides is 1. The number of cyclic esters (lactones) is 1. The first kappa shape index (κ1) is 21.2. The molecule has 2 aliphatic heterocycles. The number of fused-ring (bicyclic) bond motifs is 3. The molecule has 4 atom stereocenters. The Hall–Kier alpha value is -3.62. The molecule has 0 spiro atoms. The second-order valence-corrected chi connectivity index (χ2v) is 8.27. The van der Waals surface area contributed by atoms with Crippen LogP contribution in [0.1, 0.15) is 35.6 Å². The van der Waals surface area contributed by atoms with E-state index in [4.69, 9.17) is 28.4 Å². The number of nitrogens with one attached hydrogen (secondary N) is 1. The number of carbonyl (C=O) groups excluding carboxylic acids is 2. The van der Waals surface area contributed by atoms with E-state index in [1.165, 1.54) is 6.92 Å².